The average molecular weight is 250 g/mol. The van der Waals surface area contributed by atoms with Gasteiger partial charge in [0.25, 0.3) is 6.20 Å². The third-order valence-electron chi connectivity index (χ3n) is 2.46. The van der Waals surface area contributed by atoms with Crippen LogP contribution in [0.3, 0.4) is 0 Å². The van der Waals surface area contributed by atoms with Gasteiger partial charge in [-0.25, -0.2) is 0 Å². The lowest BCUT2D eigenvalue weighted by atomic mass is 10.2. The van der Waals surface area contributed by atoms with Gasteiger partial charge in [-0.2, -0.15) is 0 Å². The lowest BCUT2D eigenvalue weighted by Gasteiger charge is -2.20. The number of nitrogens with one attached hydrogen (secondary N) is 1. The Balaban J connectivity index is 2.85. The Morgan fingerprint density at radius 2 is 2.06 bits per heavy atom. The van der Waals surface area contributed by atoms with Crippen LogP contribution in [-0.4, -0.2) is 28.9 Å². The quantitative estimate of drug-likeness (QED) is 0.632. The Labute approximate surface area is 106 Å². The number of aryl methyl sites for hydroxylation is 2. The van der Waals surface area contributed by atoms with Gasteiger partial charge >= 0.3 is 0 Å². The molecule has 1 aromatic rings. The zero-order valence-corrected chi connectivity index (χ0v) is 11.1. The molecule has 0 amide bonds. The molecule has 18 heavy (non-hydrogen) atoms. The molecular weight excluding hydrogens is 232 g/mol. The molecule has 98 valence electrons. The van der Waals surface area contributed by atoms with Gasteiger partial charge < -0.3 is 10.2 Å². The summed E-state index contributed by atoms with van der Waals surface area (Å²) in [7, 11) is 3.46. The third-order valence-corrected chi connectivity index (χ3v) is 2.46. The van der Waals surface area contributed by atoms with Crippen molar-refractivity contribution >= 4 is 0 Å². The van der Waals surface area contributed by atoms with Gasteiger partial charge in [-0.05, 0) is 31.5 Å². The predicted molar refractivity (Wildman–Crippen MR) is 69.3 cm³/mol. The standard InChI is InChI=1S/C12H18N4O2/c1-9-5-11(6-10(2)14-9)7-15(4)12(13-3)8-16(17)18/h5-6,8,13H,7H2,1-4H3/b12-8-. The van der Waals surface area contributed by atoms with Crippen LogP contribution in [0, 0.1) is 24.0 Å². The summed E-state index contributed by atoms with van der Waals surface area (Å²) in [6, 6.07) is 3.95. The van der Waals surface area contributed by atoms with Crippen LogP contribution in [-0.2, 0) is 6.54 Å². The third kappa shape index (κ3) is 4.04. The number of aromatic nitrogens is 1. The molecule has 0 fully saturated rings. The van der Waals surface area contributed by atoms with E-state index in [9.17, 15) is 10.1 Å². The molecule has 0 aliphatic rings. The largest absolute Gasteiger partial charge is 0.370 e. The minimum absolute atomic E-state index is 0.465. The molecule has 0 aromatic carbocycles. The van der Waals surface area contributed by atoms with Gasteiger partial charge in [-0.15, -0.1) is 0 Å². The van der Waals surface area contributed by atoms with Crippen molar-refractivity contribution in [2.45, 2.75) is 20.4 Å². The number of hydrogen-bond acceptors (Lipinski definition) is 5. The number of nitro groups is 1. The summed E-state index contributed by atoms with van der Waals surface area (Å²) in [5.41, 5.74) is 2.97. The molecular formula is C12H18N4O2. The van der Waals surface area contributed by atoms with Gasteiger partial charge in [0, 0.05) is 32.0 Å². The van der Waals surface area contributed by atoms with Crippen molar-refractivity contribution in [2.24, 2.45) is 0 Å². The van der Waals surface area contributed by atoms with Crippen LogP contribution in [0.15, 0.2) is 24.2 Å². The van der Waals surface area contributed by atoms with Crippen molar-refractivity contribution < 1.29 is 4.92 Å². The summed E-state index contributed by atoms with van der Waals surface area (Å²) in [6.07, 6.45) is 0.959. The van der Waals surface area contributed by atoms with E-state index in [4.69, 9.17) is 0 Å². The zero-order valence-electron chi connectivity index (χ0n) is 11.1. The second-order valence-corrected chi connectivity index (χ2v) is 4.16. The molecule has 0 saturated carbocycles. The number of nitrogens with zero attached hydrogens (tertiary/aromatic N) is 3. The number of rotatable bonds is 5. The molecule has 0 bridgehead atoms. The summed E-state index contributed by atoms with van der Waals surface area (Å²) < 4.78 is 0. The molecule has 0 aliphatic carbocycles. The van der Waals surface area contributed by atoms with E-state index < -0.39 is 4.92 Å². The molecule has 0 saturated heterocycles. The minimum atomic E-state index is -0.467. The molecule has 6 nitrogen and oxygen atoms in total. The van der Waals surface area contributed by atoms with Gasteiger partial charge in [0.2, 0.25) is 0 Å². The van der Waals surface area contributed by atoms with Crippen molar-refractivity contribution in [1.29, 1.82) is 0 Å². The summed E-state index contributed by atoms with van der Waals surface area (Å²) in [5.74, 6) is 0.465. The fourth-order valence-electron chi connectivity index (χ4n) is 1.83. The first-order chi connectivity index (χ1) is 8.42. The topological polar surface area (TPSA) is 71.3 Å². The first kappa shape index (κ1) is 14.0. The molecule has 1 heterocycles. The summed E-state index contributed by atoms with van der Waals surface area (Å²) >= 11 is 0. The SMILES string of the molecule is CN/C(=C/[N+](=O)[O-])N(C)Cc1cc(C)nc(C)c1. The van der Waals surface area contributed by atoms with E-state index in [1.807, 2.05) is 26.0 Å². The second kappa shape index (κ2) is 6.00. The molecule has 0 spiro atoms. The maximum Gasteiger partial charge on any atom is 0.274 e. The van der Waals surface area contributed by atoms with E-state index in [1.165, 1.54) is 0 Å². The van der Waals surface area contributed by atoms with Crippen LogP contribution in [0.2, 0.25) is 0 Å². The lowest BCUT2D eigenvalue weighted by Crippen LogP contribution is -2.26. The van der Waals surface area contributed by atoms with Gasteiger partial charge in [0.05, 0.1) is 4.92 Å². The van der Waals surface area contributed by atoms with E-state index in [2.05, 4.69) is 10.3 Å². The highest BCUT2D eigenvalue weighted by Crippen LogP contribution is 2.10. The van der Waals surface area contributed by atoms with Crippen molar-refractivity contribution in [3.05, 3.63) is 51.2 Å². The summed E-state index contributed by atoms with van der Waals surface area (Å²) in [5, 5.41) is 13.3. The van der Waals surface area contributed by atoms with Gasteiger partial charge in [-0.1, -0.05) is 0 Å². The van der Waals surface area contributed by atoms with Gasteiger partial charge in [0.15, 0.2) is 5.82 Å². The molecule has 0 radical (unpaired) electrons. The Morgan fingerprint density at radius 1 is 1.50 bits per heavy atom. The highest BCUT2D eigenvalue weighted by molar-refractivity contribution is 5.20. The highest BCUT2D eigenvalue weighted by Gasteiger charge is 2.08. The molecule has 0 aliphatic heterocycles. The Kier molecular flexibility index (Phi) is 4.65. The Bertz CT molecular complexity index is 451. The first-order valence-corrected chi connectivity index (χ1v) is 5.60. The highest BCUT2D eigenvalue weighted by atomic mass is 16.6. The maximum absolute atomic E-state index is 10.5. The fourth-order valence-corrected chi connectivity index (χ4v) is 1.83. The maximum atomic E-state index is 10.5. The van der Waals surface area contributed by atoms with Gasteiger partial charge in [0.1, 0.15) is 0 Å². The second-order valence-electron chi connectivity index (χ2n) is 4.16. The van der Waals surface area contributed by atoms with Crippen LogP contribution in [0.4, 0.5) is 0 Å². The number of hydrogen-bond donors (Lipinski definition) is 1. The lowest BCUT2D eigenvalue weighted by molar-refractivity contribution is -0.404. The van der Waals surface area contributed by atoms with Crippen LogP contribution >= 0.6 is 0 Å². The average Bonchev–Trinajstić information content (AvgIpc) is 2.23. The molecule has 0 atom stereocenters. The normalized spacial score (nSPS) is 11.2. The van der Waals surface area contributed by atoms with E-state index in [0.29, 0.717) is 12.4 Å². The van der Waals surface area contributed by atoms with Crippen molar-refractivity contribution in [1.82, 2.24) is 15.2 Å². The molecule has 1 N–H and O–H groups in total. The summed E-state index contributed by atoms with van der Waals surface area (Å²) in [4.78, 5) is 16.1. The molecule has 1 aromatic heterocycles. The van der Waals surface area contributed by atoms with E-state index in [1.54, 1.807) is 19.0 Å². The zero-order chi connectivity index (χ0) is 13.7. The van der Waals surface area contributed by atoms with Crippen LogP contribution in [0.25, 0.3) is 0 Å². The molecule has 6 heteroatoms. The van der Waals surface area contributed by atoms with Gasteiger partial charge in [-0.3, -0.25) is 15.1 Å². The Morgan fingerprint density at radius 3 is 2.50 bits per heavy atom. The smallest absolute Gasteiger partial charge is 0.274 e. The first-order valence-electron chi connectivity index (χ1n) is 5.60. The summed E-state index contributed by atoms with van der Waals surface area (Å²) in [6.45, 7) is 4.45. The van der Waals surface area contributed by atoms with Crippen LogP contribution < -0.4 is 5.32 Å². The van der Waals surface area contributed by atoms with E-state index in [0.717, 1.165) is 23.2 Å². The molecule has 1 rings (SSSR count). The Hall–Kier alpha value is -2.11. The predicted octanol–water partition coefficient (Wildman–Crippen LogP) is 1.43. The van der Waals surface area contributed by atoms with Crippen LogP contribution in [0.1, 0.15) is 17.0 Å². The van der Waals surface area contributed by atoms with E-state index >= 15 is 0 Å². The molecule has 0 unspecified atom stereocenters. The van der Waals surface area contributed by atoms with Crippen molar-refractivity contribution in [3.8, 4) is 0 Å². The number of pyridine rings is 1. The minimum Gasteiger partial charge on any atom is -0.370 e. The fraction of sp³-hybridized carbons (Fsp3) is 0.417. The monoisotopic (exact) mass is 250 g/mol. The van der Waals surface area contributed by atoms with E-state index in [-0.39, 0.29) is 0 Å². The van der Waals surface area contributed by atoms with Crippen molar-refractivity contribution in [2.75, 3.05) is 14.1 Å². The van der Waals surface area contributed by atoms with Crippen molar-refractivity contribution in [3.63, 3.8) is 0 Å². The van der Waals surface area contributed by atoms with Crippen LogP contribution in [0.5, 0.6) is 0 Å².